The molecule has 0 spiro atoms. The average molecular weight is 277 g/mol. The first kappa shape index (κ1) is 14.2. The Morgan fingerprint density at radius 1 is 0.857 bits per heavy atom. The Morgan fingerprint density at radius 2 is 1.21 bits per heavy atom. The molecule has 0 aromatic rings. The molecule has 0 unspecified atom stereocenters. The van der Waals surface area contributed by atoms with E-state index in [2.05, 4.69) is 0 Å². The average Bonchev–Trinajstić information content (AvgIpc) is 2.82. The number of hydrogen-bond acceptors (Lipinski definition) is 1. The van der Waals surface area contributed by atoms with Gasteiger partial charge in [-0.3, -0.25) is 4.79 Å². The van der Waals surface area contributed by atoms with Gasteiger partial charge in [0.25, 0.3) is 0 Å². The third-order valence-electron chi connectivity index (χ3n) is 1.45. The predicted molar refractivity (Wildman–Crippen MR) is 48.1 cm³/mol. The molecule has 0 amide bonds. The molecule has 0 bridgehead atoms. The van der Waals surface area contributed by atoms with Gasteiger partial charge in [0.05, 0.1) is 5.92 Å². The van der Waals surface area contributed by atoms with E-state index in [1.165, 1.54) is 12.8 Å². The van der Waals surface area contributed by atoms with Crippen LogP contribution in [0.2, 0.25) is 0 Å². The minimum Gasteiger partial charge on any atom is -0.260 e. The molecule has 2 saturated carbocycles. The van der Waals surface area contributed by atoms with Crippen LogP contribution >= 0.6 is 0 Å². The van der Waals surface area contributed by atoms with Crippen molar-refractivity contribution in [1.29, 1.82) is 0 Å². The first-order chi connectivity index (χ1) is 6.30. The van der Waals surface area contributed by atoms with E-state index in [0.717, 1.165) is 0 Å². The fourth-order valence-corrected chi connectivity index (χ4v) is 0.826. The fourth-order valence-electron chi connectivity index (χ4n) is 0.826. The van der Waals surface area contributed by atoms with Gasteiger partial charge >= 0.3 is 25.5 Å². The van der Waals surface area contributed by atoms with Crippen LogP contribution in [0.25, 0.3) is 0 Å². The molecule has 0 aromatic carbocycles. The van der Waals surface area contributed by atoms with Crippen LogP contribution in [0.3, 0.4) is 0 Å². The third kappa shape index (κ3) is 5.85. The van der Waals surface area contributed by atoms with Crippen molar-refractivity contribution >= 4 is 6.04 Å². The molecule has 0 heterocycles. The van der Waals surface area contributed by atoms with Crippen molar-refractivity contribution in [3.63, 3.8) is 0 Å². The van der Waals surface area contributed by atoms with Crippen LogP contribution in [0.15, 0.2) is 0 Å². The Kier molecular flexibility index (Phi) is 8.66. The number of halogens is 1. The maximum Gasteiger partial charge on any atom is 2.00 e. The van der Waals surface area contributed by atoms with Crippen LogP contribution in [-0.4, -0.2) is 6.04 Å². The number of carbonyl (C=O) groups excluding carboxylic acids is 1. The molecule has 2 aliphatic carbocycles. The molecule has 3 heteroatoms. The van der Waals surface area contributed by atoms with Crippen molar-refractivity contribution in [1.82, 2.24) is 0 Å². The zero-order chi connectivity index (χ0) is 9.52. The number of hydrogen-bond donors (Lipinski definition) is 0. The van der Waals surface area contributed by atoms with Crippen LogP contribution in [0.1, 0.15) is 0 Å². The third-order valence-corrected chi connectivity index (χ3v) is 1.45. The fraction of sp³-hybridized carbons (Fsp3) is 0. The van der Waals surface area contributed by atoms with Crippen molar-refractivity contribution in [3.05, 3.63) is 63.7 Å². The Labute approximate surface area is 98.6 Å². The van der Waals surface area contributed by atoms with Gasteiger partial charge in [0, 0.05) is 0 Å². The molecule has 2 aliphatic rings. The normalized spacial score (nSPS) is 20.9. The summed E-state index contributed by atoms with van der Waals surface area (Å²) in [5, 5.41) is 0. The molecular weight excluding hydrogens is 268 g/mol. The topological polar surface area (TPSA) is 17.1 Å². The van der Waals surface area contributed by atoms with E-state index in [9.17, 15) is 9.18 Å². The summed E-state index contributed by atoms with van der Waals surface area (Å²) in [6, 6.07) is -1.37. The molecule has 0 aromatic heterocycles. The first-order valence-electron chi connectivity index (χ1n) is 3.89. The minimum absolute atomic E-state index is 0. The first-order valence-corrected chi connectivity index (χ1v) is 3.89. The van der Waals surface area contributed by atoms with Crippen molar-refractivity contribution in [2.24, 2.45) is 0 Å². The summed E-state index contributed by atoms with van der Waals surface area (Å²) in [7, 11) is 0. The molecule has 0 atom stereocenters. The molecule has 14 heavy (non-hydrogen) atoms. The quantitative estimate of drug-likeness (QED) is 0.528. The van der Waals surface area contributed by atoms with E-state index in [-0.39, 0.29) is 25.4 Å². The predicted octanol–water partition coefficient (Wildman–Crippen LogP) is 1.91. The van der Waals surface area contributed by atoms with Gasteiger partial charge in [-0.25, -0.2) is 0 Å². The minimum atomic E-state index is -1.37. The molecule has 1 nitrogen and oxygen atoms in total. The van der Waals surface area contributed by atoms with Crippen LogP contribution < -0.4 is 0 Å². The van der Waals surface area contributed by atoms with Gasteiger partial charge in [-0.1, -0.05) is 0 Å². The Bertz CT molecular complexity index is 144. The van der Waals surface area contributed by atoms with Gasteiger partial charge in [0.2, 0.25) is 0 Å². The van der Waals surface area contributed by atoms with Gasteiger partial charge in [0.15, 0.2) is 0 Å². The molecule has 10 radical (unpaired) electrons. The van der Waals surface area contributed by atoms with Crippen LogP contribution in [-0.2, 0) is 24.3 Å². The zero-order valence-electron chi connectivity index (χ0n) is 7.34. The van der Waals surface area contributed by atoms with Gasteiger partial charge in [-0.2, -0.15) is 4.39 Å². The Hall–Kier alpha value is 0.223. The zero-order valence-corrected chi connectivity index (χ0v) is 9.07. The summed E-state index contributed by atoms with van der Waals surface area (Å²) in [5.41, 5.74) is 0. The van der Waals surface area contributed by atoms with Gasteiger partial charge in [0.1, 0.15) is 0 Å². The van der Waals surface area contributed by atoms with Gasteiger partial charge in [-0.15, -0.1) is 0 Å². The van der Waals surface area contributed by atoms with Crippen molar-refractivity contribution in [2.45, 2.75) is 0 Å². The van der Waals surface area contributed by atoms with Gasteiger partial charge in [-0.05, 0) is 57.8 Å². The second kappa shape index (κ2) is 8.53. The summed E-state index contributed by atoms with van der Waals surface area (Å²) in [4.78, 5) is 9.84. The van der Waals surface area contributed by atoms with Crippen LogP contribution in [0, 0.1) is 63.7 Å². The van der Waals surface area contributed by atoms with E-state index >= 15 is 0 Å². The number of carbonyl (C=O) groups is 1. The molecule has 0 aliphatic heterocycles. The smallest absolute Gasteiger partial charge is 0.260 e. The largest absolute Gasteiger partial charge is 2.00 e. The van der Waals surface area contributed by atoms with E-state index in [1.54, 1.807) is 12.8 Å². The SMILES string of the molecule is O=C(F)[C]1[CH][CH][CH][CH]1.[CH]1[CH][CH][CH][CH]1.[Ru+2]. The summed E-state index contributed by atoms with van der Waals surface area (Å²) >= 11 is 0. The summed E-state index contributed by atoms with van der Waals surface area (Å²) in [5.74, 6) is 0.130. The number of rotatable bonds is 1. The van der Waals surface area contributed by atoms with Crippen molar-refractivity contribution in [2.75, 3.05) is 0 Å². The van der Waals surface area contributed by atoms with Crippen LogP contribution in [0.4, 0.5) is 4.39 Å². The van der Waals surface area contributed by atoms with E-state index in [0.29, 0.717) is 0 Å². The van der Waals surface area contributed by atoms with E-state index in [4.69, 9.17) is 0 Å². The summed E-state index contributed by atoms with van der Waals surface area (Å²) in [6.07, 6.45) is 16.1. The maximum absolute atomic E-state index is 11.6. The molecule has 2 rings (SSSR count). The van der Waals surface area contributed by atoms with Crippen LogP contribution in [0.5, 0.6) is 0 Å². The molecule has 0 N–H and O–H groups in total. The standard InChI is InChI=1S/C6H4FO.C5H5.Ru/c7-6(8)5-3-1-2-4-5;1-2-4-5-3-1;/h1-4H;1-5H;/q;;+2. The molecular formula is C11H9FORu+2. The maximum atomic E-state index is 11.6. The molecule has 2 fully saturated rings. The summed E-state index contributed by atoms with van der Waals surface area (Å²) < 4.78 is 11.6. The van der Waals surface area contributed by atoms with Gasteiger partial charge < -0.3 is 0 Å². The molecule has 72 valence electrons. The second-order valence-electron chi connectivity index (χ2n) is 2.41. The summed E-state index contributed by atoms with van der Waals surface area (Å²) in [6.45, 7) is 0. The van der Waals surface area contributed by atoms with E-state index < -0.39 is 6.04 Å². The van der Waals surface area contributed by atoms with Crippen molar-refractivity contribution < 1.29 is 28.7 Å². The second-order valence-corrected chi connectivity index (χ2v) is 2.41. The van der Waals surface area contributed by atoms with E-state index in [1.807, 2.05) is 32.1 Å². The van der Waals surface area contributed by atoms with Crippen molar-refractivity contribution in [3.8, 4) is 0 Å². The Balaban J connectivity index is 0.000000246. The Morgan fingerprint density at radius 3 is 1.43 bits per heavy atom. The monoisotopic (exact) mass is 278 g/mol. The molecule has 0 saturated heterocycles.